The maximum absolute atomic E-state index is 12.9. The van der Waals surface area contributed by atoms with E-state index in [1.807, 2.05) is 0 Å². The maximum Gasteiger partial charge on any atom is 0.306 e. The molecule has 0 amide bonds. The highest BCUT2D eigenvalue weighted by Gasteiger charge is 2.19. The molecule has 0 saturated heterocycles. The molecule has 0 aromatic rings. The second kappa shape index (κ2) is 70.8. The zero-order valence-electron chi connectivity index (χ0n) is 54.9. The van der Waals surface area contributed by atoms with E-state index >= 15 is 0 Å². The minimum absolute atomic E-state index is 0.0990. The quantitative estimate of drug-likeness (QED) is 0.0261. The van der Waals surface area contributed by atoms with Crippen molar-refractivity contribution in [2.75, 3.05) is 13.2 Å². The van der Waals surface area contributed by atoms with Crippen molar-refractivity contribution >= 4 is 17.9 Å². The topological polar surface area (TPSA) is 78.9 Å². The molecule has 0 N–H and O–H groups in total. The lowest BCUT2D eigenvalue weighted by Gasteiger charge is -2.18. The van der Waals surface area contributed by atoms with Gasteiger partial charge in [-0.2, -0.15) is 0 Å². The number of hydrogen-bond acceptors (Lipinski definition) is 6. The number of unbranched alkanes of at least 4 members (excludes halogenated alkanes) is 38. The Labute approximate surface area is 515 Å². The van der Waals surface area contributed by atoms with Gasteiger partial charge in [0.15, 0.2) is 6.10 Å². The lowest BCUT2D eigenvalue weighted by molar-refractivity contribution is -0.167. The summed E-state index contributed by atoms with van der Waals surface area (Å²) in [6.45, 7) is 6.40. The summed E-state index contributed by atoms with van der Waals surface area (Å²) in [7, 11) is 0. The normalized spacial score (nSPS) is 12.7. The van der Waals surface area contributed by atoms with Gasteiger partial charge in [0.05, 0.1) is 0 Å². The molecule has 478 valence electrons. The molecular formula is C77H134O6. The number of esters is 3. The summed E-state index contributed by atoms with van der Waals surface area (Å²) in [4.78, 5) is 38.4. The van der Waals surface area contributed by atoms with Crippen LogP contribution in [0.4, 0.5) is 0 Å². The van der Waals surface area contributed by atoms with Crippen molar-refractivity contribution in [1.29, 1.82) is 0 Å². The summed E-state index contributed by atoms with van der Waals surface area (Å²) in [5.74, 6) is -0.954. The Balaban J connectivity index is 4.20. The first kappa shape index (κ1) is 79.3. The first-order valence-corrected chi connectivity index (χ1v) is 35.7. The largest absolute Gasteiger partial charge is 0.462 e. The van der Waals surface area contributed by atoms with Crippen molar-refractivity contribution in [1.82, 2.24) is 0 Å². The number of allylic oxidation sites excluding steroid dienone is 16. The van der Waals surface area contributed by atoms with Gasteiger partial charge in [0, 0.05) is 19.3 Å². The zero-order chi connectivity index (χ0) is 59.9. The molecule has 1 unspecified atom stereocenters. The Kier molecular flexibility index (Phi) is 67.7. The first-order chi connectivity index (χ1) is 41.0. The Hall–Kier alpha value is -3.67. The van der Waals surface area contributed by atoms with Gasteiger partial charge in [-0.05, 0) is 96.3 Å². The number of rotatable bonds is 65. The van der Waals surface area contributed by atoms with E-state index in [1.54, 1.807) is 0 Å². The fraction of sp³-hybridized carbons (Fsp3) is 0.753. The molecule has 0 aromatic heterocycles. The van der Waals surface area contributed by atoms with Crippen LogP contribution >= 0.6 is 0 Å². The van der Waals surface area contributed by atoms with Gasteiger partial charge in [0.1, 0.15) is 13.2 Å². The van der Waals surface area contributed by atoms with Crippen LogP contribution < -0.4 is 0 Å². The van der Waals surface area contributed by atoms with Gasteiger partial charge in [0.2, 0.25) is 0 Å². The zero-order valence-corrected chi connectivity index (χ0v) is 54.9. The van der Waals surface area contributed by atoms with E-state index in [0.29, 0.717) is 19.3 Å². The monoisotopic (exact) mass is 1160 g/mol. The average Bonchev–Trinajstić information content (AvgIpc) is 3.49. The fourth-order valence-corrected chi connectivity index (χ4v) is 10.3. The third-order valence-electron chi connectivity index (χ3n) is 15.6. The average molecular weight is 1160 g/mol. The van der Waals surface area contributed by atoms with Crippen LogP contribution in [0.15, 0.2) is 97.2 Å². The van der Waals surface area contributed by atoms with E-state index in [4.69, 9.17) is 14.2 Å². The van der Waals surface area contributed by atoms with Crippen molar-refractivity contribution in [3.63, 3.8) is 0 Å². The highest BCUT2D eigenvalue weighted by Crippen LogP contribution is 2.18. The van der Waals surface area contributed by atoms with E-state index in [1.165, 1.54) is 193 Å². The molecule has 1 atom stereocenters. The summed E-state index contributed by atoms with van der Waals surface area (Å²) in [6.07, 6.45) is 96.1. The smallest absolute Gasteiger partial charge is 0.306 e. The molecule has 0 aromatic carbocycles. The van der Waals surface area contributed by atoms with E-state index in [2.05, 4.69) is 118 Å². The van der Waals surface area contributed by atoms with Gasteiger partial charge in [-0.25, -0.2) is 0 Å². The number of hydrogen-bond donors (Lipinski definition) is 0. The van der Waals surface area contributed by atoms with Crippen LogP contribution in [0.1, 0.15) is 355 Å². The van der Waals surface area contributed by atoms with Gasteiger partial charge < -0.3 is 14.2 Å². The number of carbonyl (C=O) groups excluding carboxylic acids is 3. The summed E-state index contributed by atoms with van der Waals surface area (Å²) in [5, 5.41) is 0. The van der Waals surface area contributed by atoms with E-state index in [9.17, 15) is 14.4 Å². The van der Waals surface area contributed by atoms with E-state index < -0.39 is 6.10 Å². The molecule has 0 aliphatic rings. The molecule has 0 aliphatic heterocycles. The molecule has 0 spiro atoms. The molecule has 0 aliphatic carbocycles. The highest BCUT2D eigenvalue weighted by atomic mass is 16.6. The lowest BCUT2D eigenvalue weighted by atomic mass is 10.0. The second-order valence-electron chi connectivity index (χ2n) is 23.7. The van der Waals surface area contributed by atoms with Crippen LogP contribution in [-0.4, -0.2) is 37.2 Å². The molecule has 83 heavy (non-hydrogen) atoms. The van der Waals surface area contributed by atoms with Gasteiger partial charge in [-0.15, -0.1) is 0 Å². The third kappa shape index (κ3) is 69.0. The van der Waals surface area contributed by atoms with Crippen LogP contribution in [0.5, 0.6) is 0 Å². The summed E-state index contributed by atoms with van der Waals surface area (Å²) in [5.41, 5.74) is 0. The van der Waals surface area contributed by atoms with Crippen LogP contribution in [0.2, 0.25) is 0 Å². The lowest BCUT2D eigenvalue weighted by Crippen LogP contribution is -2.30. The van der Waals surface area contributed by atoms with Gasteiger partial charge in [-0.1, -0.05) is 336 Å². The van der Waals surface area contributed by atoms with Crippen molar-refractivity contribution < 1.29 is 28.6 Å². The fourth-order valence-electron chi connectivity index (χ4n) is 10.3. The van der Waals surface area contributed by atoms with Gasteiger partial charge in [-0.3, -0.25) is 14.4 Å². The molecule has 0 bridgehead atoms. The Morgan fingerprint density at radius 2 is 0.470 bits per heavy atom. The number of ether oxygens (including phenoxy) is 3. The van der Waals surface area contributed by atoms with Crippen LogP contribution in [0, 0.1) is 0 Å². The Morgan fingerprint density at radius 3 is 0.759 bits per heavy atom. The van der Waals surface area contributed by atoms with Gasteiger partial charge >= 0.3 is 17.9 Å². The van der Waals surface area contributed by atoms with Crippen molar-refractivity contribution in [2.24, 2.45) is 0 Å². The summed E-state index contributed by atoms with van der Waals surface area (Å²) >= 11 is 0. The van der Waals surface area contributed by atoms with E-state index in [0.717, 1.165) is 122 Å². The molecule has 6 nitrogen and oxygen atoms in total. The van der Waals surface area contributed by atoms with Gasteiger partial charge in [0.25, 0.3) is 0 Å². The van der Waals surface area contributed by atoms with Crippen molar-refractivity contribution in [2.45, 2.75) is 361 Å². The molecule has 0 radical (unpaired) electrons. The predicted molar refractivity (Wildman–Crippen MR) is 362 cm³/mol. The minimum Gasteiger partial charge on any atom is -0.462 e. The second-order valence-corrected chi connectivity index (χ2v) is 23.7. The molecule has 0 rings (SSSR count). The molecule has 6 heteroatoms. The van der Waals surface area contributed by atoms with Crippen molar-refractivity contribution in [3.05, 3.63) is 97.2 Å². The first-order valence-electron chi connectivity index (χ1n) is 35.7. The van der Waals surface area contributed by atoms with E-state index in [-0.39, 0.29) is 31.1 Å². The Bertz CT molecular complexity index is 1610. The SMILES string of the molecule is CC/C=C\C/C=C\C/C=C\C/C=C\CCCCCCC(=O)OC(COC(=O)CCCC/C=C\C/C=C\C/C=C\C/C=C\CC)COC(=O)CCCCCCCCCCCCCCCCCCCCCCCCCCCCCCCCCCC. The summed E-state index contributed by atoms with van der Waals surface area (Å²) in [6, 6.07) is 0. The maximum atomic E-state index is 12.9. The molecular weight excluding hydrogens is 1020 g/mol. The predicted octanol–water partition coefficient (Wildman–Crippen LogP) is 24.8. The van der Waals surface area contributed by atoms with Crippen LogP contribution in [-0.2, 0) is 28.6 Å². The molecule has 0 fully saturated rings. The molecule has 0 saturated carbocycles. The molecule has 0 heterocycles. The highest BCUT2D eigenvalue weighted by molar-refractivity contribution is 5.71. The minimum atomic E-state index is -0.809. The van der Waals surface area contributed by atoms with Crippen LogP contribution in [0.3, 0.4) is 0 Å². The standard InChI is InChI=1S/C77H134O6/c1-4-7-10-13-16-19-22-25-28-30-31-32-33-34-35-36-37-38-39-40-41-42-43-44-45-47-49-52-55-58-61-64-67-70-76(79)82-73-74(72-81-75(78)69-66-63-60-57-54-51-48-27-24-21-18-15-12-9-6-3)83-77(80)71-68-65-62-59-56-53-50-46-29-26-23-20-17-14-11-8-5-2/h8-9,11-12,17-18,20-21,26-27,29,48,50,53-54,57,74H,4-7,10,13-16,19,22-25,28,30-47,49,51-52,55-56,58-73H2,1-3H3/b11-8-,12-9-,20-17-,21-18-,29-26-,48-27-,53-50-,57-54-. The Morgan fingerprint density at radius 1 is 0.253 bits per heavy atom. The van der Waals surface area contributed by atoms with Crippen molar-refractivity contribution in [3.8, 4) is 0 Å². The number of carbonyl (C=O) groups is 3. The summed E-state index contributed by atoms with van der Waals surface area (Å²) < 4.78 is 16.9. The van der Waals surface area contributed by atoms with Crippen LogP contribution in [0.25, 0.3) is 0 Å². The third-order valence-corrected chi connectivity index (χ3v) is 15.6.